The lowest BCUT2D eigenvalue weighted by Crippen LogP contribution is -2.45. The number of nitrogens with two attached hydrogens (primary N) is 1. The van der Waals surface area contributed by atoms with Crippen LogP contribution in [-0.4, -0.2) is 30.9 Å². The molecule has 3 nitrogen and oxygen atoms in total. The first-order valence-electron chi connectivity index (χ1n) is 5.90. The quantitative estimate of drug-likeness (QED) is 0.750. The van der Waals surface area contributed by atoms with Gasteiger partial charge in [0.1, 0.15) is 0 Å². The van der Waals surface area contributed by atoms with Crippen molar-refractivity contribution in [1.82, 2.24) is 4.90 Å². The van der Waals surface area contributed by atoms with E-state index in [4.69, 9.17) is 5.73 Å². The Morgan fingerprint density at radius 1 is 1.60 bits per heavy atom. The van der Waals surface area contributed by atoms with Crippen LogP contribution >= 0.6 is 0 Å². The molecular formula is C12H24N2O. The van der Waals surface area contributed by atoms with Gasteiger partial charge in [-0.2, -0.15) is 0 Å². The summed E-state index contributed by atoms with van der Waals surface area (Å²) in [5, 5.41) is 0. The fraction of sp³-hybridized carbons (Fsp3) is 0.917. The van der Waals surface area contributed by atoms with E-state index in [0.29, 0.717) is 6.54 Å². The summed E-state index contributed by atoms with van der Waals surface area (Å²) in [7, 11) is 1.90. The molecule has 0 aromatic heterocycles. The first kappa shape index (κ1) is 12.5. The normalized spacial score (nSPS) is 28.3. The number of hydrogen-bond acceptors (Lipinski definition) is 2. The molecule has 3 atom stereocenters. The highest BCUT2D eigenvalue weighted by Crippen LogP contribution is 2.38. The highest BCUT2D eigenvalue weighted by molar-refractivity contribution is 5.82. The number of rotatable bonds is 5. The van der Waals surface area contributed by atoms with Gasteiger partial charge in [0.05, 0.1) is 5.41 Å². The van der Waals surface area contributed by atoms with E-state index in [0.717, 1.165) is 24.8 Å². The molecule has 3 unspecified atom stereocenters. The average Bonchev–Trinajstić information content (AvgIpc) is 2.91. The molecule has 1 saturated carbocycles. The van der Waals surface area contributed by atoms with Crippen LogP contribution in [0.25, 0.3) is 0 Å². The van der Waals surface area contributed by atoms with Crippen LogP contribution in [0.15, 0.2) is 0 Å². The van der Waals surface area contributed by atoms with Crippen molar-refractivity contribution in [2.24, 2.45) is 23.0 Å². The molecule has 2 N–H and O–H groups in total. The van der Waals surface area contributed by atoms with Crippen LogP contribution in [0.4, 0.5) is 0 Å². The molecule has 1 rings (SSSR count). The monoisotopic (exact) mass is 212 g/mol. The van der Waals surface area contributed by atoms with Crippen LogP contribution in [0.1, 0.15) is 33.6 Å². The predicted molar refractivity (Wildman–Crippen MR) is 62.4 cm³/mol. The third-order valence-corrected chi connectivity index (χ3v) is 3.88. The van der Waals surface area contributed by atoms with Crippen molar-refractivity contribution < 1.29 is 4.79 Å². The maximum atomic E-state index is 12.1. The lowest BCUT2D eigenvalue weighted by atomic mass is 9.86. The van der Waals surface area contributed by atoms with E-state index in [1.807, 2.05) is 25.8 Å². The van der Waals surface area contributed by atoms with Crippen molar-refractivity contribution in [1.29, 1.82) is 0 Å². The van der Waals surface area contributed by atoms with Crippen molar-refractivity contribution in [3.05, 3.63) is 0 Å². The van der Waals surface area contributed by atoms with Gasteiger partial charge >= 0.3 is 0 Å². The number of carbonyl (C=O) groups is 1. The van der Waals surface area contributed by atoms with Gasteiger partial charge in [-0.1, -0.05) is 13.8 Å². The highest BCUT2D eigenvalue weighted by Gasteiger charge is 2.38. The second kappa shape index (κ2) is 4.52. The largest absolute Gasteiger partial charge is 0.345 e. The van der Waals surface area contributed by atoms with Gasteiger partial charge in [-0.25, -0.2) is 0 Å². The van der Waals surface area contributed by atoms with Gasteiger partial charge < -0.3 is 10.6 Å². The SMILES string of the molecule is CCC(C)(CN)C(=O)N(C)CC1CC1C. The molecule has 0 aromatic rings. The van der Waals surface area contributed by atoms with Crippen LogP contribution in [0.3, 0.4) is 0 Å². The Kier molecular flexibility index (Phi) is 3.77. The Morgan fingerprint density at radius 3 is 2.47 bits per heavy atom. The minimum atomic E-state index is -0.368. The summed E-state index contributed by atoms with van der Waals surface area (Å²) in [5.41, 5.74) is 5.31. The lowest BCUT2D eigenvalue weighted by Gasteiger charge is -2.30. The summed E-state index contributed by atoms with van der Waals surface area (Å²) in [6.07, 6.45) is 2.08. The third-order valence-electron chi connectivity index (χ3n) is 3.88. The summed E-state index contributed by atoms with van der Waals surface area (Å²) < 4.78 is 0. The topological polar surface area (TPSA) is 46.3 Å². The van der Waals surface area contributed by atoms with Crippen LogP contribution < -0.4 is 5.73 Å². The molecule has 0 aliphatic heterocycles. The zero-order chi connectivity index (χ0) is 11.6. The molecule has 0 aromatic carbocycles. The lowest BCUT2D eigenvalue weighted by molar-refractivity contribution is -0.139. The van der Waals surface area contributed by atoms with Crippen molar-refractivity contribution in [3.63, 3.8) is 0 Å². The zero-order valence-electron chi connectivity index (χ0n) is 10.4. The van der Waals surface area contributed by atoms with E-state index < -0.39 is 0 Å². The van der Waals surface area contributed by atoms with Gasteiger partial charge in [-0.05, 0) is 31.6 Å². The molecule has 1 amide bonds. The summed E-state index contributed by atoms with van der Waals surface area (Å²) in [5.74, 6) is 1.72. The number of nitrogens with zero attached hydrogens (tertiary/aromatic N) is 1. The summed E-state index contributed by atoms with van der Waals surface area (Å²) in [6.45, 7) is 7.56. The van der Waals surface area contributed by atoms with Gasteiger partial charge in [0.25, 0.3) is 0 Å². The number of amides is 1. The Hall–Kier alpha value is -0.570. The van der Waals surface area contributed by atoms with Gasteiger partial charge in [-0.3, -0.25) is 4.79 Å². The standard InChI is InChI=1S/C12H24N2O/c1-5-12(3,8-13)11(15)14(4)7-10-6-9(10)2/h9-10H,5-8,13H2,1-4H3. The van der Waals surface area contributed by atoms with Crippen molar-refractivity contribution in [2.45, 2.75) is 33.6 Å². The van der Waals surface area contributed by atoms with E-state index in [9.17, 15) is 4.79 Å². The highest BCUT2D eigenvalue weighted by atomic mass is 16.2. The zero-order valence-corrected chi connectivity index (χ0v) is 10.4. The fourth-order valence-corrected chi connectivity index (χ4v) is 1.93. The molecule has 0 heterocycles. The van der Waals surface area contributed by atoms with Crippen molar-refractivity contribution >= 4 is 5.91 Å². The molecular weight excluding hydrogens is 188 g/mol. The average molecular weight is 212 g/mol. The van der Waals surface area contributed by atoms with Gasteiger partial charge in [0.2, 0.25) is 5.91 Å². The Bertz CT molecular complexity index is 236. The second-order valence-electron chi connectivity index (χ2n) is 5.28. The van der Waals surface area contributed by atoms with Gasteiger partial charge in [-0.15, -0.1) is 0 Å². The summed E-state index contributed by atoms with van der Waals surface area (Å²) in [6, 6.07) is 0. The van der Waals surface area contributed by atoms with Crippen LogP contribution in [0.2, 0.25) is 0 Å². The van der Waals surface area contributed by atoms with Gasteiger partial charge in [0.15, 0.2) is 0 Å². The molecule has 1 fully saturated rings. The first-order chi connectivity index (χ1) is 6.94. The van der Waals surface area contributed by atoms with Crippen molar-refractivity contribution in [2.75, 3.05) is 20.1 Å². The van der Waals surface area contributed by atoms with Crippen LogP contribution in [-0.2, 0) is 4.79 Å². The Morgan fingerprint density at radius 2 is 2.13 bits per heavy atom. The molecule has 15 heavy (non-hydrogen) atoms. The number of hydrogen-bond donors (Lipinski definition) is 1. The Labute approximate surface area is 93.0 Å². The molecule has 1 aliphatic rings. The van der Waals surface area contributed by atoms with E-state index in [1.165, 1.54) is 6.42 Å². The molecule has 0 bridgehead atoms. The fourth-order valence-electron chi connectivity index (χ4n) is 1.93. The predicted octanol–water partition coefficient (Wildman–Crippen LogP) is 1.48. The van der Waals surface area contributed by atoms with Crippen LogP contribution in [0.5, 0.6) is 0 Å². The van der Waals surface area contributed by atoms with Crippen molar-refractivity contribution in [3.8, 4) is 0 Å². The first-order valence-corrected chi connectivity index (χ1v) is 5.90. The molecule has 0 spiro atoms. The maximum Gasteiger partial charge on any atom is 0.229 e. The minimum absolute atomic E-state index is 0.201. The molecule has 0 saturated heterocycles. The third kappa shape index (κ3) is 2.71. The van der Waals surface area contributed by atoms with E-state index in [1.54, 1.807) is 0 Å². The Balaban J connectivity index is 2.50. The summed E-state index contributed by atoms with van der Waals surface area (Å²) in [4.78, 5) is 14.0. The maximum absolute atomic E-state index is 12.1. The minimum Gasteiger partial charge on any atom is -0.345 e. The van der Waals surface area contributed by atoms with Crippen LogP contribution in [0, 0.1) is 17.3 Å². The molecule has 0 radical (unpaired) electrons. The molecule has 88 valence electrons. The van der Waals surface area contributed by atoms with E-state index in [-0.39, 0.29) is 11.3 Å². The second-order valence-corrected chi connectivity index (χ2v) is 5.28. The van der Waals surface area contributed by atoms with E-state index >= 15 is 0 Å². The van der Waals surface area contributed by atoms with E-state index in [2.05, 4.69) is 6.92 Å². The van der Waals surface area contributed by atoms with Gasteiger partial charge in [0, 0.05) is 20.1 Å². The number of carbonyl (C=O) groups excluding carboxylic acids is 1. The molecule has 1 aliphatic carbocycles. The molecule has 3 heteroatoms. The smallest absolute Gasteiger partial charge is 0.229 e. The summed E-state index contributed by atoms with van der Waals surface area (Å²) >= 11 is 0.